The van der Waals surface area contributed by atoms with Gasteiger partial charge in [0.05, 0.1) is 0 Å². The Kier molecular flexibility index (Phi) is 11.5. The molecule has 1 saturated heterocycles. The Morgan fingerprint density at radius 3 is 2.35 bits per heavy atom. The molecular formula is C14H28ClN3O2. The Morgan fingerprint density at radius 1 is 1.15 bits per heavy atom. The molecule has 0 aromatic rings. The maximum Gasteiger partial charge on any atom is 0.220 e. The second-order valence-electron chi connectivity index (χ2n) is 5.20. The zero-order chi connectivity index (χ0) is 13.9. The van der Waals surface area contributed by atoms with Crippen LogP contribution in [0.1, 0.15) is 45.4 Å². The Labute approximate surface area is 128 Å². The molecule has 0 bridgehead atoms. The van der Waals surface area contributed by atoms with Gasteiger partial charge in [-0.2, -0.15) is 0 Å². The number of hydrogen-bond acceptors (Lipinski definition) is 3. The molecule has 3 N–H and O–H groups in total. The molecular weight excluding hydrogens is 278 g/mol. The number of hydrogen-bond donors (Lipinski definition) is 3. The molecule has 1 fully saturated rings. The summed E-state index contributed by atoms with van der Waals surface area (Å²) in [6, 6.07) is 0. The first kappa shape index (κ1) is 19.2. The third-order valence-corrected chi connectivity index (χ3v) is 3.42. The van der Waals surface area contributed by atoms with Gasteiger partial charge in [0.1, 0.15) is 0 Å². The molecule has 0 spiro atoms. The minimum atomic E-state index is 0. The van der Waals surface area contributed by atoms with E-state index in [0.717, 1.165) is 39.0 Å². The Hall–Kier alpha value is -0.810. The lowest BCUT2D eigenvalue weighted by Gasteiger charge is -2.09. The number of amides is 2. The molecule has 1 atom stereocenters. The van der Waals surface area contributed by atoms with Gasteiger partial charge in [0.25, 0.3) is 0 Å². The van der Waals surface area contributed by atoms with Crippen molar-refractivity contribution < 1.29 is 9.59 Å². The monoisotopic (exact) mass is 305 g/mol. The van der Waals surface area contributed by atoms with E-state index in [-0.39, 0.29) is 24.2 Å². The van der Waals surface area contributed by atoms with Crippen molar-refractivity contribution in [2.75, 3.05) is 26.2 Å². The van der Waals surface area contributed by atoms with E-state index in [9.17, 15) is 9.59 Å². The van der Waals surface area contributed by atoms with Gasteiger partial charge in [-0.3, -0.25) is 9.59 Å². The molecule has 1 unspecified atom stereocenters. The number of halogens is 1. The summed E-state index contributed by atoms with van der Waals surface area (Å²) in [7, 11) is 0. The third kappa shape index (κ3) is 9.15. The van der Waals surface area contributed by atoms with Crippen LogP contribution in [0.2, 0.25) is 0 Å². The van der Waals surface area contributed by atoms with Crippen LogP contribution in [0.5, 0.6) is 0 Å². The second-order valence-corrected chi connectivity index (χ2v) is 5.20. The molecule has 0 aromatic heterocycles. The normalized spacial score (nSPS) is 17.4. The lowest BCUT2D eigenvalue weighted by molar-refractivity contribution is -0.122. The molecule has 1 aliphatic heterocycles. The molecule has 6 heteroatoms. The van der Waals surface area contributed by atoms with Crippen LogP contribution in [0.15, 0.2) is 0 Å². The molecule has 0 saturated carbocycles. The van der Waals surface area contributed by atoms with E-state index in [4.69, 9.17) is 0 Å². The topological polar surface area (TPSA) is 70.2 Å². The third-order valence-electron chi connectivity index (χ3n) is 3.42. The quantitative estimate of drug-likeness (QED) is 0.600. The predicted octanol–water partition coefficient (Wildman–Crippen LogP) is 1.22. The molecule has 0 radical (unpaired) electrons. The van der Waals surface area contributed by atoms with Crippen LogP contribution in [0.3, 0.4) is 0 Å². The molecule has 118 valence electrons. The molecule has 1 heterocycles. The maximum absolute atomic E-state index is 11.6. The van der Waals surface area contributed by atoms with Crippen LogP contribution in [0, 0.1) is 5.92 Å². The smallest absolute Gasteiger partial charge is 0.220 e. The second kappa shape index (κ2) is 12.0. The van der Waals surface area contributed by atoms with Gasteiger partial charge in [-0.05, 0) is 44.7 Å². The number of rotatable bonds is 9. The number of carbonyl (C=O) groups excluding carboxylic acids is 2. The highest BCUT2D eigenvalue weighted by atomic mass is 35.5. The minimum Gasteiger partial charge on any atom is -0.356 e. The zero-order valence-electron chi connectivity index (χ0n) is 12.4. The van der Waals surface area contributed by atoms with Crippen molar-refractivity contribution in [2.24, 2.45) is 5.92 Å². The van der Waals surface area contributed by atoms with Crippen LogP contribution < -0.4 is 16.0 Å². The fourth-order valence-electron chi connectivity index (χ4n) is 2.23. The summed E-state index contributed by atoms with van der Waals surface area (Å²) >= 11 is 0. The van der Waals surface area contributed by atoms with Crippen LogP contribution >= 0.6 is 12.4 Å². The van der Waals surface area contributed by atoms with E-state index in [1.807, 2.05) is 6.92 Å². The Morgan fingerprint density at radius 2 is 1.80 bits per heavy atom. The number of nitrogens with one attached hydrogen (secondary N) is 3. The van der Waals surface area contributed by atoms with Crippen molar-refractivity contribution in [1.29, 1.82) is 0 Å². The summed E-state index contributed by atoms with van der Waals surface area (Å²) in [4.78, 5) is 22.9. The van der Waals surface area contributed by atoms with Gasteiger partial charge in [-0.25, -0.2) is 0 Å². The Balaban J connectivity index is 0.00000361. The van der Waals surface area contributed by atoms with Crippen molar-refractivity contribution in [2.45, 2.75) is 45.4 Å². The molecule has 1 aliphatic rings. The summed E-state index contributed by atoms with van der Waals surface area (Å²) in [5.74, 6) is 0.820. The lowest BCUT2D eigenvalue weighted by Crippen LogP contribution is -2.27. The highest BCUT2D eigenvalue weighted by Gasteiger charge is 2.14. The number of carbonyl (C=O) groups is 2. The fourth-order valence-corrected chi connectivity index (χ4v) is 2.23. The summed E-state index contributed by atoms with van der Waals surface area (Å²) in [6.07, 6.45) is 4.74. The summed E-state index contributed by atoms with van der Waals surface area (Å²) in [6.45, 7) is 5.68. The molecule has 5 nitrogen and oxygen atoms in total. The SMILES string of the molecule is CCCNC(=O)CCCC(=O)NCCC1CCNC1.Cl. The molecule has 20 heavy (non-hydrogen) atoms. The highest BCUT2D eigenvalue weighted by Crippen LogP contribution is 2.10. The summed E-state index contributed by atoms with van der Waals surface area (Å²) in [5, 5.41) is 9.05. The van der Waals surface area contributed by atoms with Gasteiger partial charge in [0.2, 0.25) is 11.8 Å². The van der Waals surface area contributed by atoms with Crippen LogP contribution in [-0.4, -0.2) is 38.0 Å². The van der Waals surface area contributed by atoms with Gasteiger partial charge in [0, 0.05) is 25.9 Å². The Bertz CT molecular complexity index is 282. The summed E-state index contributed by atoms with van der Waals surface area (Å²) in [5.41, 5.74) is 0. The summed E-state index contributed by atoms with van der Waals surface area (Å²) < 4.78 is 0. The van der Waals surface area contributed by atoms with E-state index in [1.165, 1.54) is 6.42 Å². The molecule has 1 rings (SSSR count). The van der Waals surface area contributed by atoms with Crippen molar-refractivity contribution in [1.82, 2.24) is 16.0 Å². The molecule has 2 amide bonds. The standard InChI is InChI=1S/C14H27N3O2.ClH/c1-2-8-16-13(18)4-3-5-14(19)17-10-7-12-6-9-15-11-12;/h12,15H,2-11H2,1H3,(H,16,18)(H,17,19);1H. The zero-order valence-corrected chi connectivity index (χ0v) is 13.2. The van der Waals surface area contributed by atoms with Gasteiger partial charge in [0.15, 0.2) is 0 Å². The van der Waals surface area contributed by atoms with Gasteiger partial charge in [-0.15, -0.1) is 12.4 Å². The largest absolute Gasteiger partial charge is 0.356 e. The first-order valence-electron chi connectivity index (χ1n) is 7.46. The average Bonchev–Trinajstić information content (AvgIpc) is 2.89. The molecule has 0 aromatic carbocycles. The maximum atomic E-state index is 11.6. The van der Waals surface area contributed by atoms with Crippen LogP contribution in [0.25, 0.3) is 0 Å². The average molecular weight is 306 g/mol. The highest BCUT2D eigenvalue weighted by molar-refractivity contribution is 5.85. The van der Waals surface area contributed by atoms with Crippen molar-refractivity contribution in [3.63, 3.8) is 0 Å². The van der Waals surface area contributed by atoms with E-state index >= 15 is 0 Å². The van der Waals surface area contributed by atoms with E-state index < -0.39 is 0 Å². The van der Waals surface area contributed by atoms with Crippen molar-refractivity contribution in [3.05, 3.63) is 0 Å². The minimum absolute atomic E-state index is 0. The lowest BCUT2D eigenvalue weighted by atomic mass is 10.1. The van der Waals surface area contributed by atoms with Crippen molar-refractivity contribution in [3.8, 4) is 0 Å². The van der Waals surface area contributed by atoms with E-state index in [2.05, 4.69) is 16.0 Å². The van der Waals surface area contributed by atoms with E-state index in [1.54, 1.807) is 0 Å². The predicted molar refractivity (Wildman–Crippen MR) is 83.0 cm³/mol. The van der Waals surface area contributed by atoms with Crippen LogP contribution in [-0.2, 0) is 9.59 Å². The first-order valence-corrected chi connectivity index (χ1v) is 7.46. The van der Waals surface area contributed by atoms with Gasteiger partial charge < -0.3 is 16.0 Å². The van der Waals surface area contributed by atoms with Crippen molar-refractivity contribution >= 4 is 24.2 Å². The van der Waals surface area contributed by atoms with E-state index in [0.29, 0.717) is 25.2 Å². The molecule has 0 aliphatic carbocycles. The van der Waals surface area contributed by atoms with Crippen LogP contribution in [0.4, 0.5) is 0 Å². The fraction of sp³-hybridized carbons (Fsp3) is 0.857. The first-order chi connectivity index (χ1) is 9.22. The van der Waals surface area contributed by atoms with Gasteiger partial charge in [-0.1, -0.05) is 6.92 Å². The van der Waals surface area contributed by atoms with Gasteiger partial charge >= 0.3 is 0 Å².